The molecule has 1 amide bonds. The van der Waals surface area contributed by atoms with Gasteiger partial charge in [-0.2, -0.15) is 0 Å². The lowest BCUT2D eigenvalue weighted by Gasteiger charge is -2.39. The van der Waals surface area contributed by atoms with Crippen LogP contribution < -0.4 is 11.1 Å². The van der Waals surface area contributed by atoms with Crippen molar-refractivity contribution in [1.29, 1.82) is 0 Å². The highest BCUT2D eigenvalue weighted by Gasteiger charge is 2.34. The third-order valence-corrected chi connectivity index (χ3v) is 3.77. The summed E-state index contributed by atoms with van der Waals surface area (Å²) < 4.78 is 0. The highest BCUT2D eigenvalue weighted by atomic mass is 16.1. The smallest absolute Gasteiger partial charge is 0.238 e. The zero-order valence-corrected chi connectivity index (χ0v) is 11.5. The van der Waals surface area contributed by atoms with Gasteiger partial charge in [-0.15, -0.1) is 0 Å². The first-order valence-corrected chi connectivity index (χ1v) is 6.78. The van der Waals surface area contributed by atoms with E-state index >= 15 is 0 Å². The predicted molar refractivity (Wildman–Crippen MR) is 70.8 cm³/mol. The molecule has 0 radical (unpaired) electrons. The minimum atomic E-state index is -0.596. The molecule has 4 nitrogen and oxygen atoms in total. The zero-order valence-electron chi connectivity index (χ0n) is 11.5. The summed E-state index contributed by atoms with van der Waals surface area (Å²) in [5.41, 5.74) is 4.95. The highest BCUT2D eigenvalue weighted by molar-refractivity contribution is 5.84. The lowest BCUT2D eigenvalue weighted by atomic mass is 9.96. The van der Waals surface area contributed by atoms with E-state index in [1.807, 2.05) is 6.92 Å². The van der Waals surface area contributed by atoms with Crippen LogP contribution in [-0.4, -0.2) is 42.0 Å². The molecule has 0 saturated carbocycles. The standard InChI is InChI=1S/C13H27N3O/c1-4-8-15-13(3,12(14)17)10-16-9-6-5-7-11(16)2/h11,15H,4-10H2,1-3H3,(H2,14,17). The maximum atomic E-state index is 11.6. The normalized spacial score (nSPS) is 25.5. The van der Waals surface area contributed by atoms with Gasteiger partial charge in [0, 0.05) is 12.6 Å². The van der Waals surface area contributed by atoms with Gasteiger partial charge in [-0.1, -0.05) is 13.3 Å². The monoisotopic (exact) mass is 241 g/mol. The summed E-state index contributed by atoms with van der Waals surface area (Å²) in [6.07, 6.45) is 4.77. The molecule has 100 valence electrons. The first-order valence-electron chi connectivity index (χ1n) is 6.78. The number of amides is 1. The van der Waals surface area contributed by atoms with Crippen molar-refractivity contribution in [3.63, 3.8) is 0 Å². The Labute approximate surface area is 105 Å². The summed E-state index contributed by atoms with van der Waals surface area (Å²) in [6, 6.07) is 0.561. The molecule has 1 rings (SSSR count). The largest absolute Gasteiger partial charge is 0.368 e. The Bertz CT molecular complexity index is 257. The fourth-order valence-electron chi connectivity index (χ4n) is 2.42. The molecule has 1 aliphatic heterocycles. The van der Waals surface area contributed by atoms with E-state index in [0.717, 1.165) is 26.1 Å². The van der Waals surface area contributed by atoms with Gasteiger partial charge in [0.25, 0.3) is 0 Å². The van der Waals surface area contributed by atoms with Gasteiger partial charge in [-0.05, 0) is 46.2 Å². The van der Waals surface area contributed by atoms with Crippen LogP contribution in [0, 0.1) is 0 Å². The Balaban J connectivity index is 2.61. The van der Waals surface area contributed by atoms with Gasteiger partial charge in [0.2, 0.25) is 5.91 Å². The fourth-order valence-corrected chi connectivity index (χ4v) is 2.42. The number of carbonyl (C=O) groups is 1. The quantitative estimate of drug-likeness (QED) is 0.732. The van der Waals surface area contributed by atoms with Crippen molar-refractivity contribution in [2.75, 3.05) is 19.6 Å². The molecule has 1 saturated heterocycles. The lowest BCUT2D eigenvalue weighted by Crippen LogP contribution is -2.61. The molecule has 0 bridgehead atoms. The van der Waals surface area contributed by atoms with Crippen molar-refractivity contribution in [3.05, 3.63) is 0 Å². The Hall–Kier alpha value is -0.610. The van der Waals surface area contributed by atoms with Gasteiger partial charge in [0.15, 0.2) is 0 Å². The van der Waals surface area contributed by atoms with Crippen LogP contribution in [0.3, 0.4) is 0 Å². The molecule has 0 aromatic heterocycles. The number of piperidine rings is 1. The molecule has 0 spiro atoms. The second kappa shape index (κ2) is 6.36. The van der Waals surface area contributed by atoms with Crippen molar-refractivity contribution in [3.8, 4) is 0 Å². The molecule has 0 aromatic rings. The minimum absolute atomic E-state index is 0.247. The minimum Gasteiger partial charge on any atom is -0.368 e. The molecule has 3 N–H and O–H groups in total. The number of nitrogens with two attached hydrogens (primary N) is 1. The van der Waals surface area contributed by atoms with Crippen LogP contribution >= 0.6 is 0 Å². The number of rotatable bonds is 6. The van der Waals surface area contributed by atoms with Crippen molar-refractivity contribution < 1.29 is 4.79 Å². The number of nitrogens with one attached hydrogen (secondary N) is 1. The number of carbonyl (C=O) groups excluding carboxylic acids is 1. The predicted octanol–water partition coefficient (Wildman–Crippen LogP) is 1.10. The van der Waals surface area contributed by atoms with E-state index in [2.05, 4.69) is 24.1 Å². The number of nitrogens with zero attached hydrogens (tertiary/aromatic N) is 1. The van der Waals surface area contributed by atoms with Crippen LogP contribution in [0.25, 0.3) is 0 Å². The second-order valence-electron chi connectivity index (χ2n) is 5.44. The summed E-state index contributed by atoms with van der Waals surface area (Å²) in [5, 5.41) is 3.30. The number of hydrogen-bond acceptors (Lipinski definition) is 3. The van der Waals surface area contributed by atoms with Crippen LogP contribution in [-0.2, 0) is 4.79 Å². The lowest BCUT2D eigenvalue weighted by molar-refractivity contribution is -0.125. The first kappa shape index (κ1) is 14.5. The summed E-state index contributed by atoms with van der Waals surface area (Å²) in [6.45, 7) is 8.90. The van der Waals surface area contributed by atoms with Crippen LogP contribution in [0.15, 0.2) is 0 Å². The highest BCUT2D eigenvalue weighted by Crippen LogP contribution is 2.19. The van der Waals surface area contributed by atoms with Crippen molar-refractivity contribution in [2.24, 2.45) is 5.73 Å². The van der Waals surface area contributed by atoms with E-state index < -0.39 is 5.54 Å². The molecule has 0 aliphatic carbocycles. The van der Waals surface area contributed by atoms with Gasteiger partial charge < -0.3 is 11.1 Å². The topological polar surface area (TPSA) is 58.4 Å². The summed E-state index contributed by atoms with van der Waals surface area (Å²) in [5.74, 6) is -0.247. The average molecular weight is 241 g/mol. The second-order valence-corrected chi connectivity index (χ2v) is 5.44. The molecule has 0 aromatic carbocycles. The van der Waals surface area contributed by atoms with Crippen LogP contribution in [0.4, 0.5) is 0 Å². The number of likely N-dealkylation sites (tertiary alicyclic amines) is 1. The van der Waals surface area contributed by atoms with Gasteiger partial charge in [0.05, 0.1) is 0 Å². The van der Waals surface area contributed by atoms with Crippen LogP contribution in [0.2, 0.25) is 0 Å². The van der Waals surface area contributed by atoms with Crippen molar-refractivity contribution in [2.45, 2.75) is 58.0 Å². The van der Waals surface area contributed by atoms with E-state index in [1.165, 1.54) is 19.3 Å². The Morgan fingerprint density at radius 2 is 2.24 bits per heavy atom. The molecular weight excluding hydrogens is 214 g/mol. The Morgan fingerprint density at radius 1 is 1.53 bits per heavy atom. The third-order valence-electron chi connectivity index (χ3n) is 3.77. The van der Waals surface area contributed by atoms with Gasteiger partial charge in [-0.25, -0.2) is 0 Å². The van der Waals surface area contributed by atoms with Crippen molar-refractivity contribution in [1.82, 2.24) is 10.2 Å². The molecule has 1 heterocycles. The number of hydrogen-bond donors (Lipinski definition) is 2. The molecule has 1 aliphatic rings. The third kappa shape index (κ3) is 3.96. The van der Waals surface area contributed by atoms with Gasteiger partial charge in [0.1, 0.15) is 5.54 Å². The van der Waals surface area contributed by atoms with Gasteiger partial charge in [-0.3, -0.25) is 9.69 Å². The van der Waals surface area contributed by atoms with Crippen LogP contribution in [0.5, 0.6) is 0 Å². The maximum Gasteiger partial charge on any atom is 0.238 e. The number of primary amides is 1. The van der Waals surface area contributed by atoms with Crippen molar-refractivity contribution >= 4 is 5.91 Å². The zero-order chi connectivity index (χ0) is 12.9. The molecule has 4 heteroatoms. The Kier molecular flexibility index (Phi) is 5.40. The van der Waals surface area contributed by atoms with E-state index in [0.29, 0.717) is 6.04 Å². The molecule has 17 heavy (non-hydrogen) atoms. The molecule has 2 atom stereocenters. The van der Waals surface area contributed by atoms with Crippen LogP contribution in [0.1, 0.15) is 46.5 Å². The molecule has 1 fully saturated rings. The fraction of sp³-hybridized carbons (Fsp3) is 0.923. The van der Waals surface area contributed by atoms with Gasteiger partial charge >= 0.3 is 0 Å². The van der Waals surface area contributed by atoms with E-state index in [4.69, 9.17) is 5.73 Å². The van der Waals surface area contributed by atoms with E-state index in [-0.39, 0.29) is 5.91 Å². The summed E-state index contributed by atoms with van der Waals surface area (Å²) >= 11 is 0. The van der Waals surface area contributed by atoms with E-state index in [1.54, 1.807) is 0 Å². The Morgan fingerprint density at radius 3 is 2.76 bits per heavy atom. The van der Waals surface area contributed by atoms with E-state index in [9.17, 15) is 4.79 Å². The molecule has 2 unspecified atom stereocenters. The average Bonchev–Trinajstić information content (AvgIpc) is 2.29. The SMILES string of the molecule is CCCNC(C)(CN1CCCCC1C)C(N)=O. The first-order chi connectivity index (χ1) is 7.99. The summed E-state index contributed by atoms with van der Waals surface area (Å²) in [7, 11) is 0. The molecular formula is C13H27N3O. The maximum absolute atomic E-state index is 11.6. The summed E-state index contributed by atoms with van der Waals surface area (Å²) in [4.78, 5) is 14.0.